The van der Waals surface area contributed by atoms with Crippen LogP contribution in [0.15, 0.2) is 71.7 Å². The van der Waals surface area contributed by atoms with Crippen LogP contribution in [0.25, 0.3) is 16.6 Å². The number of aromatic nitrogens is 4. The van der Waals surface area contributed by atoms with Crippen LogP contribution in [0.3, 0.4) is 0 Å². The molecule has 5 rings (SSSR count). The van der Waals surface area contributed by atoms with Crippen molar-refractivity contribution in [3.63, 3.8) is 0 Å². The summed E-state index contributed by atoms with van der Waals surface area (Å²) >= 11 is 6.63. The summed E-state index contributed by atoms with van der Waals surface area (Å²) in [4.78, 5) is 29.6. The fraction of sp³-hybridized carbons (Fsp3) is 0.200. The minimum absolute atomic E-state index is 0.0210. The van der Waals surface area contributed by atoms with E-state index in [9.17, 15) is 26.8 Å². The lowest BCUT2D eigenvalue weighted by Gasteiger charge is -2.21. The molecule has 0 radical (unpaired) electrons. The first-order chi connectivity index (χ1) is 22.0. The molecule has 3 aromatic carbocycles. The summed E-state index contributed by atoms with van der Waals surface area (Å²) < 4.78 is 67.1. The van der Waals surface area contributed by atoms with E-state index in [1.165, 1.54) is 23.0 Å². The van der Waals surface area contributed by atoms with Gasteiger partial charge >= 0.3 is 6.09 Å². The highest BCUT2D eigenvalue weighted by atomic mass is 35.5. The van der Waals surface area contributed by atoms with E-state index in [0.717, 1.165) is 32.6 Å². The maximum atomic E-state index is 14.0. The Morgan fingerprint density at radius 2 is 1.76 bits per heavy atom. The predicted molar refractivity (Wildman–Crippen MR) is 167 cm³/mol. The monoisotopic (exact) mass is 672 g/mol. The van der Waals surface area contributed by atoms with Gasteiger partial charge in [-0.3, -0.25) is 18.3 Å². The molecule has 5 aromatic rings. The van der Waals surface area contributed by atoms with Crippen molar-refractivity contribution in [3.05, 3.63) is 111 Å². The van der Waals surface area contributed by atoms with Gasteiger partial charge in [0.15, 0.2) is 17.7 Å². The molecule has 46 heavy (non-hydrogen) atoms. The molecule has 0 aliphatic rings. The van der Waals surface area contributed by atoms with Gasteiger partial charge in [-0.05, 0) is 53.9 Å². The van der Waals surface area contributed by atoms with Crippen LogP contribution in [-0.2, 0) is 35.5 Å². The number of nitrogens with zero attached hydrogens (tertiary/aromatic N) is 5. The molecule has 1 atom stereocenters. The number of amides is 1. The molecule has 0 aliphatic carbocycles. The summed E-state index contributed by atoms with van der Waals surface area (Å²) in [5, 5.41) is 4.83. The van der Waals surface area contributed by atoms with Crippen molar-refractivity contribution in [3.8, 4) is 11.4 Å². The van der Waals surface area contributed by atoms with Gasteiger partial charge in [-0.25, -0.2) is 27.0 Å². The van der Waals surface area contributed by atoms with Gasteiger partial charge in [0.25, 0.3) is 5.56 Å². The number of halogens is 3. The van der Waals surface area contributed by atoms with Crippen LogP contribution in [0, 0.1) is 11.6 Å². The number of thiol groups is 1. The normalized spacial score (nSPS) is 12.0. The Morgan fingerprint density at radius 3 is 2.39 bits per heavy atom. The van der Waals surface area contributed by atoms with Crippen LogP contribution < -0.4 is 20.3 Å². The minimum Gasteiger partial charge on any atom is -0.497 e. The molecular weight excluding hydrogens is 646 g/mol. The molecule has 0 aliphatic heterocycles. The van der Waals surface area contributed by atoms with Gasteiger partial charge < -0.3 is 15.2 Å². The summed E-state index contributed by atoms with van der Waals surface area (Å²) in [6.45, 7) is 0.0223. The first kappa shape index (κ1) is 32.4. The number of benzene rings is 3. The molecule has 1 unspecified atom stereocenters. The number of primary amides is 1. The molecule has 1 amide bonds. The van der Waals surface area contributed by atoms with E-state index in [1.807, 2.05) is 12.1 Å². The second kappa shape index (κ2) is 13.5. The molecular formula is C30H27ClF2N6O6S. The van der Waals surface area contributed by atoms with Crippen LogP contribution >= 0.6 is 11.6 Å². The van der Waals surface area contributed by atoms with Crippen LogP contribution in [0.5, 0.6) is 5.75 Å². The molecule has 0 saturated carbocycles. The SMILES string of the molecule is COc1ccc(CCN(c2nn(C)c3c(-n4c(C(Cc5cc(F)cc(F)c5)OC(N)=O)nccc4=O)ccc(Cl)c23)[SH](=O)=O)cc1. The average Bonchev–Trinajstić information content (AvgIpc) is 3.34. The van der Waals surface area contributed by atoms with E-state index in [1.54, 1.807) is 26.3 Å². The molecule has 2 heterocycles. The largest absolute Gasteiger partial charge is 0.497 e. The Bertz CT molecular complexity index is 2040. The van der Waals surface area contributed by atoms with Gasteiger partial charge in [-0.2, -0.15) is 5.10 Å². The lowest BCUT2D eigenvalue weighted by Crippen LogP contribution is -2.29. The van der Waals surface area contributed by atoms with E-state index in [0.29, 0.717) is 18.2 Å². The minimum atomic E-state index is -3.19. The van der Waals surface area contributed by atoms with Crippen molar-refractivity contribution >= 4 is 45.3 Å². The summed E-state index contributed by atoms with van der Waals surface area (Å²) in [5.41, 5.74) is 6.07. The molecule has 12 nitrogen and oxygen atoms in total. The van der Waals surface area contributed by atoms with Crippen molar-refractivity contribution in [1.29, 1.82) is 0 Å². The number of hydrogen-bond donors (Lipinski definition) is 2. The van der Waals surface area contributed by atoms with E-state index < -0.39 is 40.3 Å². The number of carbonyl (C=O) groups is 1. The van der Waals surface area contributed by atoms with Gasteiger partial charge in [0.1, 0.15) is 17.4 Å². The predicted octanol–water partition coefficient (Wildman–Crippen LogP) is 4.01. The fourth-order valence-electron chi connectivity index (χ4n) is 5.15. The number of nitrogens with two attached hydrogens (primary N) is 1. The molecule has 0 spiro atoms. The quantitative estimate of drug-likeness (QED) is 0.200. The van der Waals surface area contributed by atoms with Crippen molar-refractivity contribution < 1.29 is 31.5 Å². The Balaban J connectivity index is 1.63. The number of methoxy groups -OCH3 is 1. The maximum Gasteiger partial charge on any atom is 0.405 e. The fourth-order valence-corrected chi connectivity index (χ4v) is 5.95. The van der Waals surface area contributed by atoms with Crippen LogP contribution in [0.4, 0.5) is 19.4 Å². The molecule has 0 fully saturated rings. The van der Waals surface area contributed by atoms with Crippen molar-refractivity contribution in [2.45, 2.75) is 18.9 Å². The second-order valence-corrected chi connectivity index (χ2v) is 11.4. The van der Waals surface area contributed by atoms with E-state index in [4.69, 9.17) is 26.8 Å². The Hall–Kier alpha value is -5.02. The van der Waals surface area contributed by atoms with E-state index >= 15 is 0 Å². The zero-order valence-corrected chi connectivity index (χ0v) is 26.0. The summed E-state index contributed by atoms with van der Waals surface area (Å²) in [7, 11) is -0.103. The highest BCUT2D eigenvalue weighted by Crippen LogP contribution is 2.37. The third kappa shape index (κ3) is 6.79. The van der Waals surface area contributed by atoms with Gasteiger partial charge in [0.2, 0.25) is 10.9 Å². The number of ether oxygens (including phenoxy) is 2. The Morgan fingerprint density at radius 1 is 1.07 bits per heavy atom. The Kier molecular flexibility index (Phi) is 9.53. The van der Waals surface area contributed by atoms with E-state index in [-0.39, 0.29) is 51.8 Å². The van der Waals surface area contributed by atoms with Gasteiger partial charge in [0, 0.05) is 38.3 Å². The molecule has 2 aromatic heterocycles. The third-order valence-corrected chi connectivity index (χ3v) is 8.21. The third-order valence-electron chi connectivity index (χ3n) is 7.11. The zero-order chi connectivity index (χ0) is 33.1. The number of anilines is 1. The Labute approximate surface area is 267 Å². The number of carbonyl (C=O) groups excluding carboxylic acids is 1. The van der Waals surface area contributed by atoms with Crippen molar-refractivity contribution in [1.82, 2.24) is 19.3 Å². The first-order valence-electron chi connectivity index (χ1n) is 13.7. The van der Waals surface area contributed by atoms with Gasteiger partial charge in [-0.15, -0.1) is 0 Å². The highest BCUT2D eigenvalue weighted by Gasteiger charge is 2.27. The average molecular weight is 673 g/mol. The maximum absolute atomic E-state index is 14.0. The molecule has 2 N–H and O–H groups in total. The summed E-state index contributed by atoms with van der Waals surface area (Å²) in [5.74, 6) is -1.18. The highest BCUT2D eigenvalue weighted by molar-refractivity contribution is 7.74. The zero-order valence-electron chi connectivity index (χ0n) is 24.4. The lowest BCUT2D eigenvalue weighted by molar-refractivity contribution is 0.0997. The number of fused-ring (bicyclic) bond motifs is 1. The van der Waals surface area contributed by atoms with Crippen molar-refractivity contribution in [2.24, 2.45) is 12.8 Å². The standard InChI is InChI=1S/C30H27ClF2N6O6S/c1-37-27-23(39-25(40)9-11-35-28(39)24(45-30(34)41)15-18-13-19(32)16-20(33)14-18)8-7-22(31)26(27)29(36-37)38(46(42)43)12-10-17-3-5-21(44-2)6-4-17/h3-9,11,13-14,16,24,46H,10,12,15H2,1-2H3,(H2,34,41). The van der Waals surface area contributed by atoms with Crippen LogP contribution in [0.1, 0.15) is 23.1 Å². The summed E-state index contributed by atoms with van der Waals surface area (Å²) in [6.07, 6.45) is -1.37. The number of aryl methyl sites for hydroxylation is 1. The first-order valence-corrected chi connectivity index (χ1v) is 15.2. The van der Waals surface area contributed by atoms with Gasteiger partial charge in [-0.1, -0.05) is 23.7 Å². The van der Waals surface area contributed by atoms with Gasteiger partial charge in [0.05, 0.1) is 28.7 Å². The molecule has 0 saturated heterocycles. The molecule has 240 valence electrons. The lowest BCUT2D eigenvalue weighted by atomic mass is 10.1. The topological polar surface area (TPSA) is 152 Å². The van der Waals surface area contributed by atoms with E-state index in [2.05, 4.69) is 10.1 Å². The smallest absolute Gasteiger partial charge is 0.405 e. The van der Waals surface area contributed by atoms with Crippen molar-refractivity contribution in [2.75, 3.05) is 18.0 Å². The number of hydrogen-bond acceptors (Lipinski definition) is 8. The number of rotatable bonds is 11. The van der Waals surface area contributed by atoms with Crippen LogP contribution in [0.2, 0.25) is 5.02 Å². The summed E-state index contributed by atoms with van der Waals surface area (Å²) in [6, 6.07) is 14.0. The van der Waals surface area contributed by atoms with Crippen LogP contribution in [-0.4, -0.2) is 47.5 Å². The second-order valence-electron chi connectivity index (χ2n) is 10.1. The molecule has 16 heteroatoms. The molecule has 0 bridgehead atoms.